The van der Waals surface area contributed by atoms with Gasteiger partial charge in [-0.25, -0.2) is 4.79 Å². The van der Waals surface area contributed by atoms with Crippen molar-refractivity contribution >= 4 is 11.7 Å². The van der Waals surface area contributed by atoms with Crippen LogP contribution in [-0.4, -0.2) is 22.3 Å². The molecule has 0 saturated carbocycles. The van der Waals surface area contributed by atoms with Crippen LogP contribution < -0.4 is 0 Å². The average Bonchev–Trinajstić information content (AvgIpc) is 2.78. The lowest BCUT2D eigenvalue weighted by molar-refractivity contribution is -0.146. The molecule has 0 aliphatic carbocycles. The minimum absolute atomic E-state index is 0.0396. The summed E-state index contributed by atoms with van der Waals surface area (Å²) in [5.41, 5.74) is 1.48. The third-order valence-electron chi connectivity index (χ3n) is 6.03. The Balaban J connectivity index is 2.59. The number of benzene rings is 2. The molecule has 3 atom stereocenters. The first-order chi connectivity index (χ1) is 14.5. The fourth-order valence-corrected chi connectivity index (χ4v) is 4.23. The van der Waals surface area contributed by atoms with E-state index in [1.165, 1.54) is 0 Å². The predicted molar refractivity (Wildman–Crippen MR) is 126 cm³/mol. The summed E-state index contributed by atoms with van der Waals surface area (Å²) in [6.45, 7) is 10.0. The lowest BCUT2D eigenvalue weighted by Gasteiger charge is -2.35. The molecule has 0 aliphatic heterocycles. The van der Waals surface area contributed by atoms with Gasteiger partial charge in [-0.15, -0.1) is 6.58 Å². The molecule has 0 fully saturated rings. The number of carboxylic acids is 1. The lowest BCUT2D eigenvalue weighted by Crippen LogP contribution is -2.45. The maximum absolute atomic E-state index is 12.7. The fourth-order valence-electron chi connectivity index (χ4n) is 4.23. The van der Waals surface area contributed by atoms with Crippen molar-refractivity contribution in [2.45, 2.75) is 58.4 Å². The zero-order valence-electron chi connectivity index (χ0n) is 18.6. The smallest absolute Gasteiger partial charge is 0.331 e. The maximum Gasteiger partial charge on any atom is 0.331 e. The van der Waals surface area contributed by atoms with Gasteiger partial charge >= 0.3 is 5.97 Å². The second-order valence-corrected chi connectivity index (χ2v) is 8.09. The van der Waals surface area contributed by atoms with Gasteiger partial charge in [-0.1, -0.05) is 93.9 Å². The topological polar surface area (TPSA) is 49.7 Å². The number of hydrogen-bond donors (Lipinski definition) is 1. The van der Waals surface area contributed by atoms with Gasteiger partial charge in [-0.3, -0.25) is 4.99 Å². The predicted octanol–water partition coefficient (Wildman–Crippen LogP) is 6.78. The third kappa shape index (κ3) is 5.69. The highest BCUT2D eigenvalue weighted by molar-refractivity contribution is 6.13. The van der Waals surface area contributed by atoms with Crippen LogP contribution in [0.2, 0.25) is 0 Å². The van der Waals surface area contributed by atoms with E-state index in [0.29, 0.717) is 12.3 Å². The molecule has 2 aromatic rings. The molecule has 0 saturated heterocycles. The molecule has 0 radical (unpaired) electrons. The third-order valence-corrected chi connectivity index (χ3v) is 6.03. The Kier molecular flexibility index (Phi) is 9.04. The van der Waals surface area contributed by atoms with Crippen molar-refractivity contribution in [3.8, 4) is 0 Å². The van der Waals surface area contributed by atoms with Crippen molar-refractivity contribution in [3.05, 3.63) is 84.4 Å². The molecule has 2 unspecified atom stereocenters. The van der Waals surface area contributed by atoms with Crippen LogP contribution in [0.4, 0.5) is 0 Å². The Morgan fingerprint density at radius 1 is 1.07 bits per heavy atom. The number of rotatable bonds is 12. The molecule has 0 aliphatic rings. The molecule has 0 spiro atoms. The summed E-state index contributed by atoms with van der Waals surface area (Å²) in [4.78, 5) is 17.8. The van der Waals surface area contributed by atoms with Crippen molar-refractivity contribution in [2.24, 2.45) is 16.8 Å². The highest BCUT2D eigenvalue weighted by Crippen LogP contribution is 2.36. The number of hydrogen-bond acceptors (Lipinski definition) is 2. The van der Waals surface area contributed by atoms with Crippen LogP contribution in [0.25, 0.3) is 0 Å². The van der Waals surface area contributed by atoms with Gasteiger partial charge in [-0.2, -0.15) is 0 Å². The molecule has 3 heteroatoms. The summed E-state index contributed by atoms with van der Waals surface area (Å²) in [5.74, 6) is -0.454. The van der Waals surface area contributed by atoms with Crippen molar-refractivity contribution in [1.29, 1.82) is 0 Å². The molecule has 0 bridgehead atoms. The van der Waals surface area contributed by atoms with E-state index in [9.17, 15) is 9.90 Å². The van der Waals surface area contributed by atoms with E-state index in [1.807, 2.05) is 73.7 Å². The summed E-state index contributed by atoms with van der Waals surface area (Å²) >= 11 is 0. The summed E-state index contributed by atoms with van der Waals surface area (Å²) in [5, 5.41) is 10.4. The minimum atomic E-state index is -1.15. The minimum Gasteiger partial charge on any atom is -0.479 e. The van der Waals surface area contributed by atoms with Gasteiger partial charge in [0.15, 0.2) is 5.54 Å². The molecule has 1 N–H and O–H groups in total. The monoisotopic (exact) mass is 405 g/mol. The number of carboxylic acid groups (broad SMARTS) is 1. The van der Waals surface area contributed by atoms with E-state index in [4.69, 9.17) is 4.99 Å². The lowest BCUT2D eigenvalue weighted by atomic mass is 9.74. The van der Waals surface area contributed by atoms with Crippen molar-refractivity contribution < 1.29 is 9.90 Å². The Labute approximate surface area is 181 Å². The Hall–Kier alpha value is -2.68. The van der Waals surface area contributed by atoms with Gasteiger partial charge < -0.3 is 5.11 Å². The number of aliphatic carboxylic acids is 1. The van der Waals surface area contributed by atoms with Gasteiger partial charge in [0.05, 0.1) is 5.71 Å². The van der Waals surface area contributed by atoms with Crippen LogP contribution in [-0.2, 0) is 4.79 Å². The molecule has 0 heterocycles. The largest absolute Gasteiger partial charge is 0.479 e. The maximum atomic E-state index is 12.7. The van der Waals surface area contributed by atoms with E-state index >= 15 is 0 Å². The molecule has 3 nitrogen and oxygen atoms in total. The second-order valence-electron chi connectivity index (χ2n) is 8.09. The summed E-state index contributed by atoms with van der Waals surface area (Å²) in [6, 6.07) is 19.8. The SMILES string of the molecule is C=CCCC(C)C[C@@H](CC)C(CC)(N=C(c1ccccc1)c1ccccc1)C(=O)O. The van der Waals surface area contributed by atoms with Gasteiger partial charge in [-0.05, 0) is 37.5 Å². The number of aliphatic imine (C=N–C) groups is 1. The van der Waals surface area contributed by atoms with E-state index in [1.54, 1.807) is 0 Å². The molecule has 160 valence electrons. The molecule has 0 aromatic heterocycles. The van der Waals surface area contributed by atoms with Gasteiger partial charge in [0.2, 0.25) is 0 Å². The number of nitrogens with zero attached hydrogens (tertiary/aromatic N) is 1. The van der Waals surface area contributed by atoms with E-state index in [-0.39, 0.29) is 5.92 Å². The Morgan fingerprint density at radius 2 is 1.60 bits per heavy atom. The van der Waals surface area contributed by atoms with Crippen molar-refractivity contribution in [1.82, 2.24) is 0 Å². The standard InChI is InChI=1S/C27H35NO2/c1-5-8-15-21(4)20-24(6-2)27(7-3,26(29)30)28-25(22-16-11-9-12-17-22)23-18-13-10-14-19-23/h5,9-14,16-19,21,24H,1,6-8,15,20H2,2-4H3,(H,29,30)/t21?,24-,27?/m1/s1. The molecule has 2 aromatic carbocycles. The van der Waals surface area contributed by atoms with E-state index in [2.05, 4.69) is 20.4 Å². The van der Waals surface area contributed by atoms with Crippen LogP contribution >= 0.6 is 0 Å². The number of carbonyl (C=O) groups is 1. The van der Waals surface area contributed by atoms with E-state index in [0.717, 1.165) is 42.5 Å². The van der Waals surface area contributed by atoms with Crippen molar-refractivity contribution in [2.75, 3.05) is 0 Å². The molecular formula is C27H35NO2. The summed E-state index contributed by atoms with van der Waals surface area (Å²) < 4.78 is 0. The molecular weight excluding hydrogens is 370 g/mol. The van der Waals surface area contributed by atoms with E-state index < -0.39 is 11.5 Å². The Morgan fingerprint density at radius 3 is 2.00 bits per heavy atom. The summed E-state index contributed by atoms with van der Waals surface area (Å²) in [6.07, 6.45) is 5.98. The Bertz CT molecular complexity index is 787. The molecule has 0 amide bonds. The van der Waals surface area contributed by atoms with Crippen LogP contribution in [0.5, 0.6) is 0 Å². The van der Waals surface area contributed by atoms with Crippen LogP contribution in [0, 0.1) is 11.8 Å². The zero-order chi connectivity index (χ0) is 22.0. The van der Waals surface area contributed by atoms with Gasteiger partial charge in [0.25, 0.3) is 0 Å². The normalized spacial score (nSPS) is 14.9. The first-order valence-corrected chi connectivity index (χ1v) is 11.0. The highest BCUT2D eigenvalue weighted by Gasteiger charge is 2.44. The van der Waals surface area contributed by atoms with Crippen LogP contribution in [0.3, 0.4) is 0 Å². The van der Waals surface area contributed by atoms with Crippen LogP contribution in [0.15, 0.2) is 78.3 Å². The summed E-state index contributed by atoms with van der Waals surface area (Å²) in [7, 11) is 0. The molecule has 2 rings (SSSR count). The zero-order valence-corrected chi connectivity index (χ0v) is 18.6. The quantitative estimate of drug-likeness (QED) is 0.313. The highest BCUT2D eigenvalue weighted by atomic mass is 16.4. The first-order valence-electron chi connectivity index (χ1n) is 11.0. The molecule has 30 heavy (non-hydrogen) atoms. The second kappa shape index (κ2) is 11.5. The van der Waals surface area contributed by atoms with Crippen molar-refractivity contribution in [3.63, 3.8) is 0 Å². The first kappa shape index (κ1) is 23.6. The van der Waals surface area contributed by atoms with Crippen LogP contribution in [0.1, 0.15) is 64.0 Å². The van der Waals surface area contributed by atoms with Gasteiger partial charge in [0.1, 0.15) is 0 Å². The average molecular weight is 406 g/mol. The fraction of sp³-hybridized carbons (Fsp3) is 0.407. The van der Waals surface area contributed by atoms with Gasteiger partial charge in [0, 0.05) is 11.1 Å². The number of allylic oxidation sites excluding steroid dienone is 1.